The van der Waals surface area contributed by atoms with Crippen molar-refractivity contribution < 1.29 is 19.1 Å². The number of ether oxygens (including phenoxy) is 2. The molecular weight excluding hydrogens is 356 g/mol. The zero-order valence-corrected chi connectivity index (χ0v) is 15.6. The van der Waals surface area contributed by atoms with E-state index in [-0.39, 0.29) is 11.8 Å². The summed E-state index contributed by atoms with van der Waals surface area (Å²) >= 11 is 0. The summed E-state index contributed by atoms with van der Waals surface area (Å²) in [4.78, 5) is 22.1. The molecule has 0 heterocycles. The molecule has 2 N–H and O–H groups in total. The minimum Gasteiger partial charge on any atom is -0.457 e. The highest BCUT2D eigenvalue weighted by molar-refractivity contribution is 5.89. The third-order valence-corrected chi connectivity index (χ3v) is 3.64. The highest BCUT2D eigenvalue weighted by Crippen LogP contribution is 2.28. The van der Waals surface area contributed by atoms with E-state index in [9.17, 15) is 9.59 Å². The molecule has 3 aromatic carbocycles. The molecule has 0 radical (unpaired) electrons. The summed E-state index contributed by atoms with van der Waals surface area (Å²) < 4.78 is 11.6. The van der Waals surface area contributed by atoms with Gasteiger partial charge in [0.25, 0.3) is 0 Å². The minimum absolute atomic E-state index is 0.117. The lowest BCUT2D eigenvalue weighted by Crippen LogP contribution is -2.05. The van der Waals surface area contributed by atoms with Crippen LogP contribution in [0, 0.1) is 0 Å². The van der Waals surface area contributed by atoms with Gasteiger partial charge in [0, 0.05) is 25.2 Å². The van der Waals surface area contributed by atoms with Crippen LogP contribution in [0.15, 0.2) is 72.8 Å². The van der Waals surface area contributed by atoms with E-state index in [0.29, 0.717) is 34.4 Å². The van der Waals surface area contributed by atoms with Crippen molar-refractivity contribution in [3.63, 3.8) is 0 Å². The average Bonchev–Trinajstić information content (AvgIpc) is 2.66. The van der Waals surface area contributed by atoms with Gasteiger partial charge in [-0.05, 0) is 72.8 Å². The fourth-order valence-corrected chi connectivity index (χ4v) is 2.47. The van der Waals surface area contributed by atoms with Crippen molar-refractivity contribution in [1.82, 2.24) is 0 Å². The van der Waals surface area contributed by atoms with Gasteiger partial charge in [0.15, 0.2) is 0 Å². The number of carbonyl (C=O) groups excluding carboxylic acids is 2. The first-order valence-corrected chi connectivity index (χ1v) is 8.69. The van der Waals surface area contributed by atoms with Gasteiger partial charge in [-0.2, -0.15) is 0 Å². The van der Waals surface area contributed by atoms with Crippen LogP contribution in [-0.2, 0) is 9.59 Å². The summed E-state index contributed by atoms with van der Waals surface area (Å²) in [6.45, 7) is 2.93. The molecule has 0 aliphatic carbocycles. The molecule has 28 heavy (non-hydrogen) atoms. The number of amides is 2. The Bertz CT molecular complexity index is 869. The normalized spacial score (nSPS) is 10.1. The van der Waals surface area contributed by atoms with Gasteiger partial charge >= 0.3 is 0 Å². The maximum atomic E-state index is 11.0. The van der Waals surface area contributed by atoms with E-state index in [1.807, 2.05) is 24.3 Å². The number of anilines is 2. The predicted molar refractivity (Wildman–Crippen MR) is 108 cm³/mol. The first-order chi connectivity index (χ1) is 13.5. The van der Waals surface area contributed by atoms with E-state index in [4.69, 9.17) is 9.47 Å². The number of hydrogen-bond donors (Lipinski definition) is 2. The largest absolute Gasteiger partial charge is 0.457 e. The lowest BCUT2D eigenvalue weighted by molar-refractivity contribution is -0.115. The molecule has 0 bridgehead atoms. The SMILES string of the molecule is CC(=O)Nc1ccc(Oc2ccc(Oc3ccc(NC(C)=O)cc3)cc2)cc1. The van der Waals surface area contributed by atoms with Crippen LogP contribution in [0.5, 0.6) is 23.0 Å². The van der Waals surface area contributed by atoms with Crippen molar-refractivity contribution in [3.05, 3.63) is 72.8 Å². The number of benzene rings is 3. The predicted octanol–water partition coefficient (Wildman–Crippen LogP) is 5.19. The monoisotopic (exact) mass is 376 g/mol. The molecule has 0 saturated heterocycles. The van der Waals surface area contributed by atoms with Gasteiger partial charge in [-0.25, -0.2) is 0 Å². The van der Waals surface area contributed by atoms with Gasteiger partial charge < -0.3 is 20.1 Å². The summed E-state index contributed by atoms with van der Waals surface area (Å²) in [6.07, 6.45) is 0. The van der Waals surface area contributed by atoms with Crippen molar-refractivity contribution in [1.29, 1.82) is 0 Å². The highest BCUT2D eigenvalue weighted by Gasteiger charge is 2.02. The van der Waals surface area contributed by atoms with Crippen LogP contribution in [0.3, 0.4) is 0 Å². The second-order valence-corrected chi connectivity index (χ2v) is 6.09. The third-order valence-electron chi connectivity index (χ3n) is 3.64. The van der Waals surface area contributed by atoms with E-state index in [0.717, 1.165) is 0 Å². The molecule has 2 amide bonds. The van der Waals surface area contributed by atoms with Crippen LogP contribution in [-0.4, -0.2) is 11.8 Å². The van der Waals surface area contributed by atoms with Crippen molar-refractivity contribution in [3.8, 4) is 23.0 Å². The Hall–Kier alpha value is -3.80. The van der Waals surface area contributed by atoms with Crippen LogP contribution >= 0.6 is 0 Å². The summed E-state index contributed by atoms with van der Waals surface area (Å²) in [5, 5.41) is 5.41. The van der Waals surface area contributed by atoms with E-state index >= 15 is 0 Å². The van der Waals surface area contributed by atoms with Crippen LogP contribution in [0.1, 0.15) is 13.8 Å². The van der Waals surface area contributed by atoms with Crippen LogP contribution in [0.25, 0.3) is 0 Å². The molecule has 0 unspecified atom stereocenters. The quantitative estimate of drug-likeness (QED) is 0.621. The molecular formula is C22H20N2O4. The van der Waals surface area contributed by atoms with Crippen LogP contribution in [0.2, 0.25) is 0 Å². The first kappa shape index (κ1) is 19.0. The molecule has 0 saturated carbocycles. The number of nitrogens with one attached hydrogen (secondary N) is 2. The molecule has 0 aromatic heterocycles. The second kappa shape index (κ2) is 8.73. The maximum absolute atomic E-state index is 11.0. The standard InChI is InChI=1S/C22H20N2O4/c1-15(25)23-17-3-7-19(8-4-17)27-21-11-13-22(14-12-21)28-20-9-5-18(6-10-20)24-16(2)26/h3-14H,1-2H3,(H,23,25)(H,24,26). The van der Waals surface area contributed by atoms with Crippen LogP contribution in [0.4, 0.5) is 11.4 Å². The van der Waals surface area contributed by atoms with Crippen molar-refractivity contribution in [2.45, 2.75) is 13.8 Å². The molecule has 0 aliphatic heterocycles. The Kier molecular flexibility index (Phi) is 5.91. The molecule has 6 heteroatoms. The molecule has 6 nitrogen and oxygen atoms in total. The van der Waals surface area contributed by atoms with Crippen molar-refractivity contribution in [2.24, 2.45) is 0 Å². The van der Waals surface area contributed by atoms with Crippen molar-refractivity contribution in [2.75, 3.05) is 10.6 Å². The molecule has 3 aromatic rings. The number of hydrogen-bond acceptors (Lipinski definition) is 4. The van der Waals surface area contributed by atoms with Gasteiger partial charge in [-0.15, -0.1) is 0 Å². The highest BCUT2D eigenvalue weighted by atomic mass is 16.5. The summed E-state index contributed by atoms with van der Waals surface area (Å²) in [7, 11) is 0. The summed E-state index contributed by atoms with van der Waals surface area (Å²) in [6, 6.07) is 21.5. The first-order valence-electron chi connectivity index (χ1n) is 8.69. The van der Waals surface area contributed by atoms with Gasteiger partial charge in [0.2, 0.25) is 11.8 Å². The Morgan fingerprint density at radius 1 is 0.536 bits per heavy atom. The molecule has 0 atom stereocenters. The van der Waals surface area contributed by atoms with Crippen LogP contribution < -0.4 is 20.1 Å². The molecule has 142 valence electrons. The topological polar surface area (TPSA) is 76.7 Å². The zero-order valence-electron chi connectivity index (χ0n) is 15.6. The van der Waals surface area contributed by atoms with Gasteiger partial charge in [0.05, 0.1) is 0 Å². The smallest absolute Gasteiger partial charge is 0.221 e. The lowest BCUT2D eigenvalue weighted by atomic mass is 10.3. The van der Waals surface area contributed by atoms with Gasteiger partial charge in [-0.1, -0.05) is 0 Å². The van der Waals surface area contributed by atoms with E-state index in [1.165, 1.54) is 13.8 Å². The molecule has 0 aliphatic rings. The Morgan fingerprint density at radius 2 is 0.786 bits per heavy atom. The van der Waals surface area contributed by atoms with E-state index in [1.54, 1.807) is 48.5 Å². The molecule has 3 rings (SSSR count). The Balaban J connectivity index is 1.58. The summed E-state index contributed by atoms with van der Waals surface area (Å²) in [5.41, 5.74) is 1.43. The Morgan fingerprint density at radius 3 is 1.04 bits per heavy atom. The third kappa shape index (κ3) is 5.60. The average molecular weight is 376 g/mol. The zero-order chi connectivity index (χ0) is 19.9. The number of rotatable bonds is 6. The van der Waals surface area contributed by atoms with Gasteiger partial charge in [-0.3, -0.25) is 9.59 Å². The van der Waals surface area contributed by atoms with Crippen molar-refractivity contribution >= 4 is 23.2 Å². The number of carbonyl (C=O) groups is 2. The Labute approximate surface area is 163 Å². The fraction of sp³-hybridized carbons (Fsp3) is 0.0909. The minimum atomic E-state index is -0.117. The van der Waals surface area contributed by atoms with E-state index < -0.39 is 0 Å². The fourth-order valence-electron chi connectivity index (χ4n) is 2.47. The van der Waals surface area contributed by atoms with Gasteiger partial charge in [0.1, 0.15) is 23.0 Å². The molecule has 0 spiro atoms. The molecule has 0 fully saturated rings. The lowest BCUT2D eigenvalue weighted by Gasteiger charge is -2.09. The summed E-state index contributed by atoms with van der Waals surface area (Å²) in [5.74, 6) is 2.43. The second-order valence-electron chi connectivity index (χ2n) is 6.09. The van der Waals surface area contributed by atoms with E-state index in [2.05, 4.69) is 10.6 Å². The maximum Gasteiger partial charge on any atom is 0.221 e.